The third kappa shape index (κ3) is 3.29. The molecule has 0 saturated carbocycles. The number of allylic oxidation sites excluding steroid dienone is 4. The topological polar surface area (TPSA) is 71.5 Å². The summed E-state index contributed by atoms with van der Waals surface area (Å²) < 4.78 is 27.6. The van der Waals surface area contributed by atoms with E-state index >= 15 is 0 Å². The molecule has 1 aromatic carbocycles. The molecule has 0 atom stereocenters. The first-order valence-corrected chi connectivity index (χ1v) is 11.3. The molecule has 6 heteroatoms. The van der Waals surface area contributed by atoms with E-state index in [4.69, 9.17) is 0 Å². The number of carbonyl (C=O) groups is 2. The van der Waals surface area contributed by atoms with Gasteiger partial charge in [-0.25, -0.2) is 8.42 Å². The van der Waals surface area contributed by atoms with E-state index in [0.29, 0.717) is 9.87 Å². The smallest absolute Gasteiger partial charge is 0.272 e. The van der Waals surface area contributed by atoms with Gasteiger partial charge in [0.2, 0.25) is 0 Å². The van der Waals surface area contributed by atoms with E-state index in [1.165, 1.54) is 6.07 Å². The van der Waals surface area contributed by atoms with E-state index < -0.39 is 32.7 Å². The molecule has 0 aliphatic carbocycles. The number of benzene rings is 1. The highest BCUT2D eigenvalue weighted by Crippen LogP contribution is 2.54. The molecule has 2 rings (SSSR count). The van der Waals surface area contributed by atoms with Gasteiger partial charge in [-0.1, -0.05) is 66.3 Å². The molecular formula is C24H29NO4S. The van der Waals surface area contributed by atoms with Gasteiger partial charge in [0.15, 0.2) is 0 Å². The van der Waals surface area contributed by atoms with Crippen molar-refractivity contribution in [1.82, 2.24) is 4.31 Å². The second kappa shape index (κ2) is 8.56. The van der Waals surface area contributed by atoms with Crippen LogP contribution in [0.5, 0.6) is 0 Å². The second-order valence-corrected chi connectivity index (χ2v) is 9.14. The summed E-state index contributed by atoms with van der Waals surface area (Å²) in [5.41, 5.74) is -1.61. The summed E-state index contributed by atoms with van der Waals surface area (Å²) in [4.78, 5) is 27.4. The number of nitrogens with zero attached hydrogens (tertiary/aromatic N) is 1. The molecule has 2 amide bonds. The van der Waals surface area contributed by atoms with E-state index in [9.17, 15) is 18.0 Å². The first kappa shape index (κ1) is 23.5. The minimum Gasteiger partial charge on any atom is -0.272 e. The van der Waals surface area contributed by atoms with Crippen LogP contribution in [0.25, 0.3) is 0 Å². The largest absolute Gasteiger partial charge is 0.273 e. The Kier molecular flexibility index (Phi) is 6.72. The minimum atomic E-state index is -4.40. The van der Waals surface area contributed by atoms with Crippen molar-refractivity contribution in [3.8, 4) is 0 Å². The fraction of sp³-hybridized carbons (Fsp3) is 0.333. The number of hydrogen-bond donors (Lipinski definition) is 0. The van der Waals surface area contributed by atoms with Gasteiger partial charge >= 0.3 is 0 Å². The van der Waals surface area contributed by atoms with Crippen molar-refractivity contribution in [2.75, 3.05) is 0 Å². The zero-order valence-electron chi connectivity index (χ0n) is 18.3. The molecule has 1 aromatic rings. The average molecular weight is 428 g/mol. The Morgan fingerprint density at radius 3 is 1.50 bits per heavy atom. The van der Waals surface area contributed by atoms with Gasteiger partial charge in [0.25, 0.3) is 21.8 Å². The highest BCUT2D eigenvalue weighted by molar-refractivity contribution is 7.90. The summed E-state index contributed by atoms with van der Waals surface area (Å²) >= 11 is 0. The first-order valence-electron chi connectivity index (χ1n) is 9.86. The maximum Gasteiger partial charge on any atom is 0.273 e. The van der Waals surface area contributed by atoms with Crippen LogP contribution in [0.3, 0.4) is 0 Å². The van der Waals surface area contributed by atoms with Crippen LogP contribution >= 0.6 is 0 Å². The highest BCUT2D eigenvalue weighted by Gasteiger charge is 2.67. The standard InChI is InChI=1S/C24H29NO4S/c1-7-13-23(14-8-2)21(26)25(22(27)24(23,15-9-3)16-10-4)30(28,29)20-12-11-18(5)17-19(20)6/h7-17H,1-6H3. The lowest BCUT2D eigenvalue weighted by atomic mass is 9.63. The number of aryl methyl sites for hydroxylation is 2. The summed E-state index contributed by atoms with van der Waals surface area (Å²) in [7, 11) is -4.40. The van der Waals surface area contributed by atoms with E-state index in [0.717, 1.165) is 5.56 Å². The van der Waals surface area contributed by atoms with Gasteiger partial charge in [0, 0.05) is 0 Å². The van der Waals surface area contributed by atoms with Crippen LogP contribution in [0.4, 0.5) is 0 Å². The number of hydrogen-bond acceptors (Lipinski definition) is 4. The van der Waals surface area contributed by atoms with Crippen LogP contribution in [0.2, 0.25) is 0 Å². The van der Waals surface area contributed by atoms with Gasteiger partial charge in [0.05, 0.1) is 4.90 Å². The van der Waals surface area contributed by atoms with E-state index in [-0.39, 0.29) is 4.90 Å². The molecular weight excluding hydrogens is 398 g/mol. The number of amides is 2. The fourth-order valence-electron chi connectivity index (χ4n) is 4.19. The maximum absolute atomic E-state index is 13.7. The molecule has 0 bridgehead atoms. The van der Waals surface area contributed by atoms with Gasteiger partial charge < -0.3 is 0 Å². The number of imide groups is 1. The summed E-state index contributed by atoms with van der Waals surface area (Å²) in [6.07, 6.45) is 13.1. The lowest BCUT2D eigenvalue weighted by Gasteiger charge is -2.33. The Morgan fingerprint density at radius 1 is 0.767 bits per heavy atom. The van der Waals surface area contributed by atoms with Crippen molar-refractivity contribution >= 4 is 21.8 Å². The van der Waals surface area contributed by atoms with Crippen LogP contribution in [0, 0.1) is 24.7 Å². The molecule has 1 heterocycles. The zero-order chi connectivity index (χ0) is 22.7. The van der Waals surface area contributed by atoms with Crippen LogP contribution in [-0.4, -0.2) is 24.5 Å². The van der Waals surface area contributed by atoms with Gasteiger partial charge in [-0.05, 0) is 53.2 Å². The highest BCUT2D eigenvalue weighted by atomic mass is 32.2. The van der Waals surface area contributed by atoms with Crippen molar-refractivity contribution < 1.29 is 18.0 Å². The third-order valence-corrected chi connectivity index (χ3v) is 7.15. The molecule has 1 saturated heterocycles. The monoisotopic (exact) mass is 427 g/mol. The predicted molar refractivity (Wildman–Crippen MR) is 119 cm³/mol. The van der Waals surface area contributed by atoms with E-state index in [1.54, 1.807) is 95.4 Å². The Labute approximate surface area is 179 Å². The van der Waals surface area contributed by atoms with Crippen LogP contribution in [-0.2, 0) is 19.6 Å². The normalized spacial score (nSPS) is 25.7. The summed E-state index contributed by atoms with van der Waals surface area (Å²) in [5, 5.41) is 0. The van der Waals surface area contributed by atoms with E-state index in [1.807, 2.05) is 6.92 Å². The lowest BCUT2D eigenvalue weighted by molar-refractivity contribution is -0.134. The maximum atomic E-state index is 13.7. The van der Waals surface area contributed by atoms with Crippen molar-refractivity contribution in [3.05, 3.63) is 77.9 Å². The average Bonchev–Trinajstić information content (AvgIpc) is 2.82. The van der Waals surface area contributed by atoms with Gasteiger partial charge in [-0.15, -0.1) is 0 Å². The van der Waals surface area contributed by atoms with Crippen LogP contribution in [0.15, 0.2) is 71.7 Å². The second-order valence-electron chi connectivity index (χ2n) is 7.39. The number of carbonyl (C=O) groups excluding carboxylic acids is 2. The first-order chi connectivity index (χ1) is 14.1. The fourth-order valence-corrected chi connectivity index (χ4v) is 5.83. The quantitative estimate of drug-likeness (QED) is 0.490. The molecule has 0 aromatic heterocycles. The van der Waals surface area contributed by atoms with Crippen molar-refractivity contribution in [2.45, 2.75) is 46.4 Å². The predicted octanol–water partition coefficient (Wildman–Crippen LogP) is 4.64. The van der Waals surface area contributed by atoms with Crippen molar-refractivity contribution in [3.63, 3.8) is 0 Å². The molecule has 0 spiro atoms. The summed E-state index contributed by atoms with van der Waals surface area (Å²) in [6, 6.07) is 4.81. The van der Waals surface area contributed by atoms with Crippen molar-refractivity contribution in [2.24, 2.45) is 10.8 Å². The van der Waals surface area contributed by atoms with Crippen LogP contribution in [0.1, 0.15) is 38.8 Å². The summed E-state index contributed by atoms with van der Waals surface area (Å²) in [5.74, 6) is -1.58. The van der Waals surface area contributed by atoms with Gasteiger partial charge in [-0.3, -0.25) is 9.59 Å². The molecule has 1 aliphatic rings. The molecule has 30 heavy (non-hydrogen) atoms. The molecule has 0 unspecified atom stereocenters. The Balaban J connectivity index is 2.93. The number of sulfonamides is 1. The van der Waals surface area contributed by atoms with Gasteiger partial charge in [0.1, 0.15) is 10.8 Å². The SMILES string of the molecule is CC=CC1(C=CC)C(=O)N(S(=O)(=O)c2ccc(C)cc2C)C(=O)C1(C=CC)C=CC. The third-order valence-electron chi connectivity index (χ3n) is 5.33. The molecule has 0 radical (unpaired) electrons. The van der Waals surface area contributed by atoms with Gasteiger partial charge in [-0.2, -0.15) is 4.31 Å². The summed E-state index contributed by atoms with van der Waals surface area (Å²) in [6.45, 7) is 10.4. The number of rotatable bonds is 6. The Bertz CT molecular complexity index is 1000. The van der Waals surface area contributed by atoms with E-state index in [2.05, 4.69) is 0 Å². The lowest BCUT2D eigenvalue weighted by Crippen LogP contribution is -2.39. The Morgan fingerprint density at radius 2 is 1.17 bits per heavy atom. The zero-order valence-corrected chi connectivity index (χ0v) is 19.2. The molecule has 160 valence electrons. The molecule has 1 aliphatic heterocycles. The van der Waals surface area contributed by atoms with Crippen molar-refractivity contribution in [1.29, 1.82) is 0 Å². The molecule has 5 nitrogen and oxygen atoms in total. The Hall–Kier alpha value is -2.73. The molecule has 1 fully saturated rings. The van der Waals surface area contributed by atoms with Crippen LogP contribution < -0.4 is 0 Å². The molecule has 0 N–H and O–H groups in total. The minimum absolute atomic E-state index is 0.0542.